The smallest absolute Gasteiger partial charge is 0.250 e. The molecule has 30 heavy (non-hydrogen) atoms. The van der Waals surface area contributed by atoms with Crippen molar-refractivity contribution >= 4 is 5.95 Å². The van der Waals surface area contributed by atoms with Crippen LogP contribution in [0.25, 0.3) is 22.3 Å². The summed E-state index contributed by atoms with van der Waals surface area (Å²) in [5.41, 5.74) is 4.50. The molecule has 1 N–H and O–H groups in total. The zero-order valence-corrected chi connectivity index (χ0v) is 17.3. The van der Waals surface area contributed by atoms with Crippen LogP contribution in [0.1, 0.15) is 25.5 Å². The van der Waals surface area contributed by atoms with E-state index in [1.165, 1.54) is 5.56 Å². The van der Waals surface area contributed by atoms with Gasteiger partial charge in [-0.3, -0.25) is 9.48 Å². The Bertz CT molecular complexity index is 1190. The van der Waals surface area contributed by atoms with E-state index < -0.39 is 0 Å². The molecule has 0 aliphatic carbocycles. The second-order valence-electron chi connectivity index (χ2n) is 7.17. The van der Waals surface area contributed by atoms with Crippen molar-refractivity contribution in [1.82, 2.24) is 24.3 Å². The average molecular weight is 400 g/mol. The third-order valence-electron chi connectivity index (χ3n) is 5.12. The lowest BCUT2D eigenvalue weighted by molar-refractivity contribution is 0.565. The van der Waals surface area contributed by atoms with Gasteiger partial charge in [-0.2, -0.15) is 5.10 Å². The minimum atomic E-state index is -0.0884. The van der Waals surface area contributed by atoms with Gasteiger partial charge < -0.3 is 9.88 Å². The molecule has 1 unspecified atom stereocenters. The number of benzene rings is 1. The van der Waals surface area contributed by atoms with Crippen LogP contribution in [0.15, 0.2) is 72.2 Å². The molecule has 152 valence electrons. The summed E-state index contributed by atoms with van der Waals surface area (Å²) in [7, 11) is 1.75. The summed E-state index contributed by atoms with van der Waals surface area (Å²) in [5, 5.41) is 7.67. The maximum absolute atomic E-state index is 12.4. The lowest BCUT2D eigenvalue weighted by Crippen LogP contribution is -2.15. The van der Waals surface area contributed by atoms with Crippen molar-refractivity contribution in [2.45, 2.75) is 19.9 Å². The first-order chi connectivity index (χ1) is 14.6. The molecule has 7 heteroatoms. The molecule has 7 nitrogen and oxygen atoms in total. The number of hydrogen-bond donors (Lipinski definition) is 1. The number of rotatable bonds is 6. The highest BCUT2D eigenvalue weighted by molar-refractivity contribution is 5.81. The Morgan fingerprint density at radius 3 is 2.43 bits per heavy atom. The Balaban J connectivity index is 1.75. The van der Waals surface area contributed by atoms with E-state index in [-0.39, 0.29) is 11.6 Å². The van der Waals surface area contributed by atoms with E-state index in [4.69, 9.17) is 0 Å². The van der Waals surface area contributed by atoms with Crippen molar-refractivity contribution in [3.63, 3.8) is 0 Å². The zero-order chi connectivity index (χ0) is 21.1. The van der Waals surface area contributed by atoms with Crippen LogP contribution in [0.3, 0.4) is 0 Å². The Hall–Kier alpha value is -3.74. The van der Waals surface area contributed by atoms with E-state index in [0.717, 1.165) is 28.8 Å². The van der Waals surface area contributed by atoms with Crippen LogP contribution in [-0.2, 0) is 7.05 Å². The van der Waals surface area contributed by atoms with Gasteiger partial charge in [-0.1, -0.05) is 30.3 Å². The third kappa shape index (κ3) is 3.87. The van der Waals surface area contributed by atoms with Crippen LogP contribution in [0, 0.1) is 0 Å². The van der Waals surface area contributed by atoms with Crippen molar-refractivity contribution in [1.29, 1.82) is 0 Å². The Labute approximate surface area is 175 Å². The van der Waals surface area contributed by atoms with Crippen LogP contribution in [0.2, 0.25) is 0 Å². The summed E-state index contributed by atoms with van der Waals surface area (Å²) in [6.45, 7) is 4.85. The van der Waals surface area contributed by atoms with Crippen molar-refractivity contribution in [2.24, 2.45) is 7.05 Å². The normalized spacial score (nSPS) is 12.0. The predicted molar refractivity (Wildman–Crippen MR) is 118 cm³/mol. The molecule has 0 aliphatic heterocycles. The molecule has 0 spiro atoms. The molecule has 0 fully saturated rings. The fourth-order valence-electron chi connectivity index (χ4n) is 3.39. The molecular formula is C23H24N6O. The van der Waals surface area contributed by atoms with Gasteiger partial charge in [0, 0.05) is 61.1 Å². The molecular weight excluding hydrogens is 376 g/mol. The largest absolute Gasteiger partial charge is 0.355 e. The minimum absolute atomic E-state index is 0.0884. The van der Waals surface area contributed by atoms with Crippen molar-refractivity contribution in [3.8, 4) is 22.3 Å². The zero-order valence-electron chi connectivity index (χ0n) is 17.3. The number of anilines is 1. The molecule has 0 aliphatic rings. The number of nitrogens with zero attached hydrogens (tertiary/aromatic N) is 5. The van der Waals surface area contributed by atoms with E-state index in [1.54, 1.807) is 30.1 Å². The standard InChI is InChI=1S/C23H24N6O/c1-4-24-23-25-11-18(12-26-23)20-10-22(30)28(3)15-21(20)19-13-27-29(14-19)16(2)17-8-6-5-7-9-17/h5-16H,4H2,1-3H3,(H,24,25,26). The van der Waals surface area contributed by atoms with Gasteiger partial charge in [-0.05, 0) is 25.0 Å². The average Bonchev–Trinajstić information content (AvgIpc) is 3.26. The van der Waals surface area contributed by atoms with Crippen LogP contribution in [0.4, 0.5) is 5.95 Å². The molecule has 1 atom stereocenters. The molecule has 3 heterocycles. The Kier molecular flexibility index (Phi) is 5.43. The number of pyridine rings is 1. The first-order valence-corrected chi connectivity index (χ1v) is 9.93. The van der Waals surface area contributed by atoms with Crippen LogP contribution >= 0.6 is 0 Å². The Morgan fingerprint density at radius 1 is 1.00 bits per heavy atom. The van der Waals surface area contributed by atoms with Gasteiger partial charge in [0.05, 0.1) is 12.2 Å². The Morgan fingerprint density at radius 2 is 1.73 bits per heavy atom. The predicted octanol–water partition coefficient (Wildman–Crippen LogP) is 3.75. The van der Waals surface area contributed by atoms with Crippen LogP contribution in [-0.4, -0.2) is 30.9 Å². The van der Waals surface area contributed by atoms with E-state index in [2.05, 4.69) is 39.4 Å². The molecule has 0 radical (unpaired) electrons. The van der Waals surface area contributed by atoms with E-state index in [9.17, 15) is 4.79 Å². The van der Waals surface area contributed by atoms with Crippen molar-refractivity contribution in [3.05, 3.63) is 83.3 Å². The van der Waals surface area contributed by atoms with E-state index in [0.29, 0.717) is 5.95 Å². The summed E-state index contributed by atoms with van der Waals surface area (Å²) in [6, 6.07) is 12.0. The number of aromatic nitrogens is 5. The quantitative estimate of drug-likeness (QED) is 0.533. The topological polar surface area (TPSA) is 77.6 Å². The van der Waals surface area contributed by atoms with Crippen LogP contribution < -0.4 is 10.9 Å². The SMILES string of the molecule is CCNc1ncc(-c2cc(=O)n(C)cc2-c2cnn(C(C)c3ccccc3)c2)cn1. The number of aryl methyl sites for hydroxylation is 1. The van der Waals surface area contributed by atoms with Crippen LogP contribution in [0.5, 0.6) is 0 Å². The molecule has 4 rings (SSSR count). The first-order valence-electron chi connectivity index (χ1n) is 9.93. The lowest BCUT2D eigenvalue weighted by atomic mass is 10.0. The van der Waals surface area contributed by atoms with Crippen molar-refractivity contribution < 1.29 is 0 Å². The van der Waals surface area contributed by atoms with Gasteiger partial charge in [0.2, 0.25) is 5.95 Å². The van der Waals surface area contributed by atoms with Gasteiger partial charge in [0.25, 0.3) is 5.56 Å². The van der Waals surface area contributed by atoms with Gasteiger partial charge in [0.1, 0.15) is 0 Å². The number of nitrogens with one attached hydrogen (secondary N) is 1. The van der Waals surface area contributed by atoms with Gasteiger partial charge in [-0.15, -0.1) is 0 Å². The summed E-state index contributed by atoms with van der Waals surface area (Å²) in [5.74, 6) is 0.566. The second kappa shape index (κ2) is 8.32. The third-order valence-corrected chi connectivity index (χ3v) is 5.12. The summed E-state index contributed by atoms with van der Waals surface area (Å²) in [6.07, 6.45) is 9.15. The minimum Gasteiger partial charge on any atom is -0.355 e. The number of hydrogen-bond acceptors (Lipinski definition) is 5. The molecule has 1 aromatic carbocycles. The highest BCUT2D eigenvalue weighted by atomic mass is 16.1. The lowest BCUT2D eigenvalue weighted by Gasteiger charge is -2.13. The summed E-state index contributed by atoms with van der Waals surface area (Å²) in [4.78, 5) is 21.1. The molecule has 0 amide bonds. The molecule has 3 aromatic heterocycles. The van der Waals surface area contributed by atoms with Gasteiger partial charge in [-0.25, -0.2) is 9.97 Å². The first kappa shape index (κ1) is 19.6. The summed E-state index contributed by atoms with van der Waals surface area (Å²) >= 11 is 0. The van der Waals surface area contributed by atoms with E-state index >= 15 is 0 Å². The maximum atomic E-state index is 12.4. The maximum Gasteiger partial charge on any atom is 0.250 e. The molecule has 4 aromatic rings. The summed E-state index contributed by atoms with van der Waals surface area (Å²) < 4.78 is 3.51. The second-order valence-corrected chi connectivity index (χ2v) is 7.17. The fraction of sp³-hybridized carbons (Fsp3) is 0.217. The van der Waals surface area contributed by atoms with E-state index in [1.807, 2.05) is 48.4 Å². The van der Waals surface area contributed by atoms with Crippen molar-refractivity contribution in [2.75, 3.05) is 11.9 Å². The molecule has 0 saturated carbocycles. The molecule has 0 bridgehead atoms. The highest BCUT2D eigenvalue weighted by Gasteiger charge is 2.15. The van der Waals surface area contributed by atoms with Gasteiger partial charge in [0.15, 0.2) is 0 Å². The fourth-order valence-corrected chi connectivity index (χ4v) is 3.39. The monoisotopic (exact) mass is 400 g/mol. The molecule has 0 saturated heterocycles. The van der Waals surface area contributed by atoms with Gasteiger partial charge >= 0.3 is 0 Å². The highest BCUT2D eigenvalue weighted by Crippen LogP contribution is 2.31.